The van der Waals surface area contributed by atoms with E-state index in [1.54, 1.807) is 0 Å². The summed E-state index contributed by atoms with van der Waals surface area (Å²) in [6.07, 6.45) is -12.2. The maximum atomic E-state index is 12.3. The Labute approximate surface area is 128 Å². The Morgan fingerprint density at radius 1 is 1.04 bits per heavy atom. The molecular weight excluding hydrogens is 352 g/mol. The molecule has 0 aliphatic carbocycles. The van der Waals surface area contributed by atoms with E-state index in [-0.39, 0.29) is 11.3 Å². The van der Waals surface area contributed by atoms with Gasteiger partial charge in [-0.15, -0.1) is 0 Å². The van der Waals surface area contributed by atoms with Gasteiger partial charge in [-0.1, -0.05) is 0 Å². The van der Waals surface area contributed by atoms with Crippen LogP contribution in [-0.4, -0.2) is 35.6 Å². The van der Waals surface area contributed by atoms with E-state index in [1.165, 1.54) is 12.3 Å². The molecule has 0 fully saturated rings. The van der Waals surface area contributed by atoms with Crippen molar-refractivity contribution in [2.45, 2.75) is 24.9 Å². The molecule has 2 unspecified atom stereocenters. The van der Waals surface area contributed by atoms with E-state index < -0.39 is 36.9 Å². The third-order valence-electron chi connectivity index (χ3n) is 2.64. The lowest BCUT2D eigenvalue weighted by atomic mass is 10.1. The predicted octanol–water partition coefficient (Wildman–Crippen LogP) is 1.59. The molecule has 2 rings (SSSR count). The summed E-state index contributed by atoms with van der Waals surface area (Å²) < 4.78 is 81.6. The SMILES string of the molecule is O=C(OC1Nc2ccncc2C(OC(=O)C(F)(F)F)N1)C(F)(F)F. The van der Waals surface area contributed by atoms with Gasteiger partial charge in [0, 0.05) is 23.6 Å². The second-order valence-electron chi connectivity index (χ2n) is 4.34. The van der Waals surface area contributed by atoms with Gasteiger partial charge in [-0.05, 0) is 6.07 Å². The van der Waals surface area contributed by atoms with E-state index in [9.17, 15) is 35.9 Å². The fourth-order valence-electron chi connectivity index (χ4n) is 1.67. The number of hydrogen-bond acceptors (Lipinski definition) is 7. The molecule has 1 aliphatic heterocycles. The van der Waals surface area contributed by atoms with Crippen LogP contribution >= 0.6 is 0 Å². The van der Waals surface area contributed by atoms with Crippen LogP contribution in [0.25, 0.3) is 0 Å². The van der Waals surface area contributed by atoms with Crippen LogP contribution in [0.5, 0.6) is 0 Å². The molecule has 132 valence electrons. The topological polar surface area (TPSA) is 89.6 Å². The lowest BCUT2D eigenvalue weighted by molar-refractivity contribution is -0.214. The quantitative estimate of drug-likeness (QED) is 0.612. The minimum atomic E-state index is -5.33. The molecule has 0 aromatic carbocycles. The van der Waals surface area contributed by atoms with Crippen molar-refractivity contribution in [2.75, 3.05) is 5.32 Å². The molecule has 2 heterocycles. The largest absolute Gasteiger partial charge is 0.491 e. The smallest absolute Gasteiger partial charge is 0.435 e. The first-order valence-corrected chi connectivity index (χ1v) is 6.00. The van der Waals surface area contributed by atoms with E-state index in [4.69, 9.17) is 0 Å². The van der Waals surface area contributed by atoms with Crippen LogP contribution in [0, 0.1) is 0 Å². The molecule has 2 atom stereocenters. The number of nitrogens with one attached hydrogen (secondary N) is 2. The number of carbonyl (C=O) groups is 2. The molecule has 1 aromatic heterocycles. The number of halogens is 6. The Morgan fingerprint density at radius 2 is 1.62 bits per heavy atom. The molecule has 0 radical (unpaired) electrons. The summed E-state index contributed by atoms with van der Waals surface area (Å²) in [5.41, 5.74) is -0.141. The van der Waals surface area contributed by atoms with Crippen LogP contribution < -0.4 is 10.6 Å². The van der Waals surface area contributed by atoms with Gasteiger partial charge < -0.3 is 14.8 Å². The number of aromatic nitrogens is 1. The molecule has 7 nitrogen and oxygen atoms in total. The highest BCUT2D eigenvalue weighted by atomic mass is 19.4. The van der Waals surface area contributed by atoms with Crippen LogP contribution in [0.2, 0.25) is 0 Å². The molecule has 0 saturated carbocycles. The number of pyridine rings is 1. The number of esters is 2. The monoisotopic (exact) mass is 359 g/mol. The van der Waals surface area contributed by atoms with Gasteiger partial charge in [0.15, 0.2) is 6.23 Å². The fourth-order valence-corrected chi connectivity index (χ4v) is 1.67. The van der Waals surface area contributed by atoms with E-state index >= 15 is 0 Å². The lowest BCUT2D eigenvalue weighted by Crippen LogP contribution is -2.49. The molecule has 1 aliphatic rings. The number of nitrogens with zero attached hydrogens (tertiary/aromatic N) is 1. The third-order valence-corrected chi connectivity index (χ3v) is 2.64. The first kappa shape index (κ1) is 17.8. The summed E-state index contributed by atoms with van der Waals surface area (Å²) in [4.78, 5) is 25.3. The second kappa shape index (κ2) is 6.14. The van der Waals surface area contributed by atoms with Gasteiger partial charge in [-0.25, -0.2) is 14.9 Å². The normalized spacial score (nSPS) is 20.6. The van der Waals surface area contributed by atoms with Gasteiger partial charge >= 0.3 is 24.3 Å². The summed E-state index contributed by atoms with van der Waals surface area (Å²) >= 11 is 0. The third kappa shape index (κ3) is 4.04. The average Bonchev–Trinajstić information content (AvgIpc) is 2.45. The molecule has 0 bridgehead atoms. The number of rotatable bonds is 2. The molecular formula is C11H7F6N3O4. The van der Waals surface area contributed by atoms with Crippen molar-refractivity contribution in [1.82, 2.24) is 10.3 Å². The Balaban J connectivity index is 2.20. The van der Waals surface area contributed by atoms with Gasteiger partial charge in [0.2, 0.25) is 6.35 Å². The van der Waals surface area contributed by atoms with Crippen LogP contribution in [0.4, 0.5) is 32.0 Å². The van der Waals surface area contributed by atoms with E-state index in [0.29, 0.717) is 0 Å². The lowest BCUT2D eigenvalue weighted by Gasteiger charge is -2.33. The number of carbonyl (C=O) groups excluding carboxylic acids is 2. The summed E-state index contributed by atoms with van der Waals surface area (Å²) in [5, 5.41) is 4.25. The van der Waals surface area contributed by atoms with Crippen LogP contribution in [0.3, 0.4) is 0 Å². The average molecular weight is 359 g/mol. The maximum Gasteiger partial charge on any atom is 0.491 e. The van der Waals surface area contributed by atoms with Gasteiger partial charge in [-0.2, -0.15) is 26.3 Å². The summed E-state index contributed by atoms with van der Waals surface area (Å²) in [6, 6.07) is 1.18. The van der Waals surface area contributed by atoms with Crippen molar-refractivity contribution in [3.8, 4) is 0 Å². The Hall–Kier alpha value is -2.57. The van der Waals surface area contributed by atoms with Crippen molar-refractivity contribution >= 4 is 17.6 Å². The van der Waals surface area contributed by atoms with Crippen LogP contribution in [0.1, 0.15) is 11.8 Å². The Bertz CT molecular complexity index is 647. The minimum absolute atomic E-state index is 0.0382. The molecule has 13 heteroatoms. The standard InChI is InChI=1S/C11H7F6N3O4/c12-10(13,14)7(21)23-6-4-3-18-2-1-5(4)19-9(20-6)24-8(22)11(15,16)17/h1-3,6,9,19-20H. The first-order valence-electron chi connectivity index (χ1n) is 6.00. The van der Waals surface area contributed by atoms with Crippen molar-refractivity contribution in [1.29, 1.82) is 0 Å². The van der Waals surface area contributed by atoms with Crippen LogP contribution in [-0.2, 0) is 19.1 Å². The molecule has 0 spiro atoms. The Kier molecular flexibility index (Phi) is 4.55. The fraction of sp³-hybridized carbons (Fsp3) is 0.364. The second-order valence-corrected chi connectivity index (χ2v) is 4.34. The van der Waals surface area contributed by atoms with Crippen molar-refractivity contribution < 1.29 is 45.4 Å². The number of alkyl halides is 6. The van der Waals surface area contributed by atoms with Crippen molar-refractivity contribution in [3.05, 3.63) is 24.0 Å². The zero-order chi connectivity index (χ0) is 18.1. The Morgan fingerprint density at radius 3 is 2.21 bits per heavy atom. The highest BCUT2D eigenvalue weighted by Crippen LogP contribution is 2.31. The minimum Gasteiger partial charge on any atom is -0.435 e. The summed E-state index contributed by atoms with van der Waals surface area (Å²) in [6.45, 7) is 0. The van der Waals surface area contributed by atoms with Crippen molar-refractivity contribution in [2.24, 2.45) is 0 Å². The zero-order valence-corrected chi connectivity index (χ0v) is 11.2. The summed E-state index contributed by atoms with van der Waals surface area (Å²) in [5.74, 6) is -5.18. The van der Waals surface area contributed by atoms with Gasteiger partial charge in [0.05, 0.1) is 0 Å². The summed E-state index contributed by atoms with van der Waals surface area (Å²) in [7, 11) is 0. The first-order chi connectivity index (χ1) is 11.0. The molecule has 1 aromatic rings. The van der Waals surface area contributed by atoms with Crippen molar-refractivity contribution in [3.63, 3.8) is 0 Å². The number of ether oxygens (including phenoxy) is 2. The van der Waals surface area contributed by atoms with Gasteiger partial charge in [0.25, 0.3) is 0 Å². The van der Waals surface area contributed by atoms with Crippen LogP contribution in [0.15, 0.2) is 18.5 Å². The zero-order valence-electron chi connectivity index (χ0n) is 11.2. The highest BCUT2D eigenvalue weighted by molar-refractivity contribution is 5.77. The van der Waals surface area contributed by atoms with Gasteiger partial charge in [-0.3, -0.25) is 4.98 Å². The highest BCUT2D eigenvalue weighted by Gasteiger charge is 2.46. The molecule has 0 saturated heterocycles. The number of fused-ring (bicyclic) bond motifs is 1. The number of anilines is 1. The molecule has 24 heavy (non-hydrogen) atoms. The van der Waals surface area contributed by atoms with E-state index in [1.807, 2.05) is 5.32 Å². The molecule has 0 amide bonds. The van der Waals surface area contributed by atoms with E-state index in [0.717, 1.165) is 6.20 Å². The molecule has 2 N–H and O–H groups in total. The van der Waals surface area contributed by atoms with Gasteiger partial charge in [0.1, 0.15) is 0 Å². The predicted molar refractivity (Wildman–Crippen MR) is 61.8 cm³/mol. The number of hydrogen-bond donors (Lipinski definition) is 2. The maximum absolute atomic E-state index is 12.3. The van der Waals surface area contributed by atoms with E-state index in [2.05, 4.69) is 19.8 Å².